The minimum Gasteiger partial charge on any atom is -0.859 e. The Balaban J connectivity index is 2.95. The summed E-state index contributed by atoms with van der Waals surface area (Å²) in [4.78, 5) is 23.7. The predicted octanol–water partition coefficient (Wildman–Crippen LogP) is 1.68. The molecule has 0 spiro atoms. The summed E-state index contributed by atoms with van der Waals surface area (Å²) in [5, 5.41) is 11.7. The smallest absolute Gasteiger partial charge is 0.350 e. The first-order chi connectivity index (χ1) is 9.11. The second kappa shape index (κ2) is 8.37. The van der Waals surface area contributed by atoms with Gasteiger partial charge in [0.05, 0.1) is 0 Å². The zero-order valence-corrected chi connectivity index (χ0v) is 12.9. The van der Waals surface area contributed by atoms with Crippen LogP contribution in [0.25, 0.3) is 0 Å². The van der Waals surface area contributed by atoms with Gasteiger partial charge in [-0.2, -0.15) is 3.97 Å². The number of hydrogen-bond donors (Lipinski definition) is 0. The van der Waals surface area contributed by atoms with E-state index in [1.807, 2.05) is 13.8 Å². The van der Waals surface area contributed by atoms with Crippen LogP contribution in [0.4, 0.5) is 0 Å². The lowest BCUT2D eigenvalue weighted by molar-refractivity contribution is -0.276. The topological polar surface area (TPSA) is 67.1 Å². The van der Waals surface area contributed by atoms with Gasteiger partial charge in [-0.1, -0.05) is 26.7 Å². The lowest BCUT2D eigenvalue weighted by Gasteiger charge is -2.16. The predicted molar refractivity (Wildman–Crippen MR) is 79.9 cm³/mol. The van der Waals surface area contributed by atoms with Crippen molar-refractivity contribution in [2.75, 3.05) is 11.5 Å². The first kappa shape index (κ1) is 16.2. The van der Waals surface area contributed by atoms with Crippen molar-refractivity contribution in [1.82, 2.24) is 7.94 Å². The van der Waals surface area contributed by atoms with E-state index in [0.29, 0.717) is 11.5 Å². The molecule has 1 heterocycles. The number of rotatable bonds is 8. The highest BCUT2D eigenvalue weighted by Gasteiger charge is 2.07. The van der Waals surface area contributed by atoms with Crippen molar-refractivity contribution in [3.8, 4) is 5.88 Å². The van der Waals surface area contributed by atoms with Crippen LogP contribution in [0.5, 0.6) is 5.88 Å². The highest BCUT2D eigenvalue weighted by molar-refractivity contribution is 7.98. The minimum atomic E-state index is -0.528. The largest absolute Gasteiger partial charge is 0.859 e. The molecular weight excluding hydrogens is 284 g/mol. The van der Waals surface area contributed by atoms with Gasteiger partial charge in [-0.15, -0.1) is 0 Å². The maximum absolute atomic E-state index is 12.1. The van der Waals surface area contributed by atoms with Crippen LogP contribution in [0.15, 0.2) is 15.7 Å². The number of unbranched alkanes of at least 4 members (excludes halogenated alkanes) is 2. The molecule has 1 rings (SSSR count). The molecule has 0 N–H and O–H groups in total. The van der Waals surface area contributed by atoms with Crippen molar-refractivity contribution >= 4 is 23.9 Å². The molecule has 0 saturated carbocycles. The third-order valence-electron chi connectivity index (χ3n) is 2.43. The van der Waals surface area contributed by atoms with Crippen LogP contribution < -0.4 is 16.4 Å². The van der Waals surface area contributed by atoms with Gasteiger partial charge in [0.25, 0.3) is 5.56 Å². The Hall–Kier alpha value is -0.820. The molecule has 0 unspecified atom stereocenters. The van der Waals surface area contributed by atoms with E-state index >= 15 is 0 Å². The van der Waals surface area contributed by atoms with Gasteiger partial charge in [-0.25, -0.2) is 8.77 Å². The van der Waals surface area contributed by atoms with E-state index in [0.717, 1.165) is 39.7 Å². The second-order valence-corrected chi connectivity index (χ2v) is 6.13. The van der Waals surface area contributed by atoms with Crippen LogP contribution in [-0.4, -0.2) is 19.5 Å². The molecule has 0 aliphatic heterocycles. The van der Waals surface area contributed by atoms with Crippen molar-refractivity contribution < 1.29 is 5.11 Å². The lowest BCUT2D eigenvalue weighted by Crippen LogP contribution is -2.36. The standard InChI is InChI=1S/C12H20N2O3S2/c1-3-5-7-18-13-10(15)9-11(16)14(12(13)17)19-8-6-4-2/h9,15H,3-8H2,1-2H3/p-1. The summed E-state index contributed by atoms with van der Waals surface area (Å²) in [6.07, 6.45) is 3.86. The Morgan fingerprint density at radius 3 is 2.11 bits per heavy atom. The Labute approximate surface area is 121 Å². The van der Waals surface area contributed by atoms with E-state index < -0.39 is 17.1 Å². The quantitative estimate of drug-likeness (QED) is 0.684. The van der Waals surface area contributed by atoms with Gasteiger partial charge >= 0.3 is 5.69 Å². The summed E-state index contributed by atoms with van der Waals surface area (Å²) in [5.41, 5.74) is -1.05. The molecule has 0 bridgehead atoms. The van der Waals surface area contributed by atoms with Gasteiger partial charge in [0.1, 0.15) is 0 Å². The maximum atomic E-state index is 12.1. The maximum Gasteiger partial charge on any atom is 0.350 e. The van der Waals surface area contributed by atoms with Gasteiger partial charge in [0.2, 0.25) is 0 Å². The molecule has 0 aliphatic carbocycles. The number of hydrogen-bond acceptors (Lipinski definition) is 5. The highest BCUT2D eigenvalue weighted by atomic mass is 32.2. The molecule has 0 aromatic carbocycles. The highest BCUT2D eigenvalue weighted by Crippen LogP contribution is 2.12. The fourth-order valence-electron chi connectivity index (χ4n) is 1.33. The minimum absolute atomic E-state index is 0.525. The zero-order valence-electron chi connectivity index (χ0n) is 11.3. The summed E-state index contributed by atoms with van der Waals surface area (Å²) in [5.74, 6) is 0.871. The SMILES string of the molecule is CCCCSn1c([O-])cc(=O)n(SCCCC)c1=O. The Morgan fingerprint density at radius 1 is 1.05 bits per heavy atom. The van der Waals surface area contributed by atoms with Crippen LogP contribution in [0.3, 0.4) is 0 Å². The molecule has 0 amide bonds. The van der Waals surface area contributed by atoms with Gasteiger partial charge < -0.3 is 5.11 Å². The fourth-order valence-corrected chi connectivity index (χ4v) is 3.33. The van der Waals surface area contributed by atoms with Crippen molar-refractivity contribution in [3.63, 3.8) is 0 Å². The van der Waals surface area contributed by atoms with Gasteiger partial charge in [0.15, 0.2) is 0 Å². The Kier molecular flexibility index (Phi) is 7.15. The lowest BCUT2D eigenvalue weighted by atomic mass is 10.4. The van der Waals surface area contributed by atoms with Crippen LogP contribution >= 0.6 is 23.9 Å². The molecule has 7 heteroatoms. The van der Waals surface area contributed by atoms with Crippen LogP contribution in [-0.2, 0) is 0 Å². The molecule has 1 aromatic rings. The van der Waals surface area contributed by atoms with E-state index in [1.54, 1.807) is 0 Å². The summed E-state index contributed by atoms with van der Waals surface area (Å²) in [6.45, 7) is 4.09. The number of nitrogens with zero attached hydrogens (tertiary/aromatic N) is 2. The molecular formula is C12H19N2O3S2-. The molecule has 19 heavy (non-hydrogen) atoms. The summed E-state index contributed by atoms with van der Waals surface area (Å²) < 4.78 is 2.16. The van der Waals surface area contributed by atoms with Crippen molar-refractivity contribution in [3.05, 3.63) is 26.9 Å². The molecule has 108 valence electrons. The molecule has 0 atom stereocenters. The van der Waals surface area contributed by atoms with E-state index in [-0.39, 0.29) is 0 Å². The fraction of sp³-hybridized carbons (Fsp3) is 0.667. The molecule has 0 saturated heterocycles. The van der Waals surface area contributed by atoms with Crippen molar-refractivity contribution in [2.45, 2.75) is 39.5 Å². The van der Waals surface area contributed by atoms with Crippen molar-refractivity contribution in [1.29, 1.82) is 0 Å². The van der Waals surface area contributed by atoms with E-state index in [9.17, 15) is 14.7 Å². The molecule has 0 aliphatic rings. The van der Waals surface area contributed by atoms with Gasteiger partial charge in [-0.3, -0.25) is 4.79 Å². The third kappa shape index (κ3) is 4.65. The van der Waals surface area contributed by atoms with E-state index in [4.69, 9.17) is 0 Å². The van der Waals surface area contributed by atoms with Gasteiger partial charge in [-0.05, 0) is 42.6 Å². The first-order valence-corrected chi connectivity index (χ1v) is 8.33. The summed E-state index contributed by atoms with van der Waals surface area (Å²) in [6, 6.07) is 0.985. The third-order valence-corrected chi connectivity index (χ3v) is 4.56. The van der Waals surface area contributed by atoms with Crippen LogP contribution in [0.1, 0.15) is 39.5 Å². The normalized spacial score (nSPS) is 10.8. The average molecular weight is 303 g/mol. The molecule has 0 fully saturated rings. The van der Waals surface area contributed by atoms with Crippen LogP contribution in [0, 0.1) is 0 Å². The van der Waals surface area contributed by atoms with E-state index in [2.05, 4.69) is 0 Å². The first-order valence-electron chi connectivity index (χ1n) is 6.44. The Morgan fingerprint density at radius 2 is 1.58 bits per heavy atom. The average Bonchev–Trinajstić information content (AvgIpc) is 2.37. The monoisotopic (exact) mass is 303 g/mol. The van der Waals surface area contributed by atoms with Gasteiger partial charge in [0, 0.05) is 17.6 Å². The molecule has 1 aromatic heterocycles. The number of aromatic nitrogens is 2. The van der Waals surface area contributed by atoms with E-state index in [1.165, 1.54) is 23.9 Å². The van der Waals surface area contributed by atoms with Crippen LogP contribution in [0.2, 0.25) is 0 Å². The van der Waals surface area contributed by atoms with Crippen molar-refractivity contribution in [2.24, 2.45) is 0 Å². The Bertz CT molecular complexity index is 511. The summed E-state index contributed by atoms with van der Waals surface area (Å²) in [7, 11) is 0. The summed E-state index contributed by atoms with van der Waals surface area (Å²) >= 11 is 2.36. The zero-order chi connectivity index (χ0) is 14.3. The molecule has 5 nitrogen and oxygen atoms in total. The molecule has 0 radical (unpaired) electrons. The second-order valence-electron chi connectivity index (χ2n) is 4.07.